The topological polar surface area (TPSA) is 111 Å². The predicted octanol–water partition coefficient (Wildman–Crippen LogP) is 2.10. The molecular formula is C25H42F3N5O4. The number of likely N-dealkylation sites (tertiary alicyclic amines) is 2. The monoisotopic (exact) mass is 533 g/mol. The highest BCUT2D eigenvalue weighted by Crippen LogP contribution is 2.48. The molecule has 212 valence electrons. The highest BCUT2D eigenvalue weighted by Gasteiger charge is 2.60. The van der Waals surface area contributed by atoms with Crippen molar-refractivity contribution in [2.75, 3.05) is 52.7 Å². The molecule has 0 aromatic heterocycles. The van der Waals surface area contributed by atoms with E-state index in [0.29, 0.717) is 57.0 Å². The first kappa shape index (κ1) is 27.5. The van der Waals surface area contributed by atoms with Crippen molar-refractivity contribution in [3.8, 4) is 0 Å². The van der Waals surface area contributed by atoms with Gasteiger partial charge in [0.05, 0.1) is 44.5 Å². The Hall–Kier alpha value is -1.02. The molecule has 5 fully saturated rings. The highest BCUT2D eigenvalue weighted by atomic mass is 19.4. The number of nitrogens with two attached hydrogens (primary N) is 2. The van der Waals surface area contributed by atoms with Crippen LogP contribution < -0.4 is 11.6 Å². The molecule has 5 aliphatic rings. The van der Waals surface area contributed by atoms with Crippen molar-refractivity contribution >= 4 is 5.71 Å². The summed E-state index contributed by atoms with van der Waals surface area (Å²) in [7, 11) is 0. The van der Waals surface area contributed by atoms with Crippen LogP contribution >= 0.6 is 0 Å². The molecule has 0 aromatic rings. The van der Waals surface area contributed by atoms with E-state index >= 15 is 0 Å². The van der Waals surface area contributed by atoms with Gasteiger partial charge in [0.25, 0.3) is 0 Å². The maximum atomic E-state index is 12.4. The summed E-state index contributed by atoms with van der Waals surface area (Å²) in [5.41, 5.74) is 6.91. The molecule has 4 N–H and O–H groups in total. The van der Waals surface area contributed by atoms with E-state index in [0.717, 1.165) is 57.8 Å². The van der Waals surface area contributed by atoms with Crippen LogP contribution in [0.2, 0.25) is 0 Å². The minimum absolute atomic E-state index is 0.0229. The Morgan fingerprint density at radius 1 is 1.08 bits per heavy atom. The van der Waals surface area contributed by atoms with Crippen LogP contribution in [0, 0.1) is 23.7 Å². The van der Waals surface area contributed by atoms with Gasteiger partial charge in [-0.05, 0) is 56.3 Å². The summed E-state index contributed by atoms with van der Waals surface area (Å²) in [6.07, 6.45) is -1.29. The molecule has 3 saturated heterocycles. The van der Waals surface area contributed by atoms with Crippen molar-refractivity contribution in [1.29, 1.82) is 0 Å². The quantitative estimate of drug-likeness (QED) is 0.201. The number of epoxide rings is 1. The predicted molar refractivity (Wildman–Crippen MR) is 130 cm³/mol. The van der Waals surface area contributed by atoms with E-state index in [2.05, 4.69) is 19.6 Å². The third-order valence-electron chi connectivity index (χ3n) is 9.23. The molecule has 8 unspecified atom stereocenters. The maximum absolute atomic E-state index is 12.4. The van der Waals surface area contributed by atoms with E-state index < -0.39 is 12.5 Å². The first-order valence-corrected chi connectivity index (χ1v) is 13.7. The van der Waals surface area contributed by atoms with Gasteiger partial charge in [-0.3, -0.25) is 14.5 Å². The second-order valence-corrected chi connectivity index (χ2v) is 11.7. The van der Waals surface area contributed by atoms with Gasteiger partial charge in [0, 0.05) is 38.1 Å². The minimum atomic E-state index is -4.57. The first-order chi connectivity index (χ1) is 17.7. The molecule has 37 heavy (non-hydrogen) atoms. The average molecular weight is 534 g/mol. The average Bonchev–Trinajstić information content (AvgIpc) is 3.41. The van der Waals surface area contributed by atoms with Crippen LogP contribution in [0.1, 0.15) is 45.4 Å². The summed E-state index contributed by atoms with van der Waals surface area (Å²) in [4.78, 5) is 4.92. The molecular weight excluding hydrogens is 491 g/mol. The standard InChI is InChI=1S/C25H42F3N5O4/c1-16-8-20(37-25(26,27)28)3-5-23(16)35-7-6-34-15-32-10-17-12-33(13-18(17)11-32)24(14-36-24)19-2-4-21(29)22(9-19)31-30/h16-21,23H,2-15,29-30H2,1H3/b31-22+. The fourth-order valence-corrected chi connectivity index (χ4v) is 7.16. The number of hydrogen-bond donors (Lipinski definition) is 2. The number of rotatable bonds is 9. The first-order valence-electron chi connectivity index (χ1n) is 13.7. The molecule has 2 aliphatic carbocycles. The van der Waals surface area contributed by atoms with Crippen molar-refractivity contribution in [3.63, 3.8) is 0 Å². The van der Waals surface area contributed by atoms with Crippen LogP contribution in [0.4, 0.5) is 13.2 Å². The summed E-state index contributed by atoms with van der Waals surface area (Å²) in [6.45, 7) is 8.34. The number of hydrazone groups is 1. The van der Waals surface area contributed by atoms with Crippen LogP contribution in [-0.2, 0) is 18.9 Å². The van der Waals surface area contributed by atoms with Crippen LogP contribution in [0.5, 0.6) is 0 Å². The van der Waals surface area contributed by atoms with Gasteiger partial charge in [-0.15, -0.1) is 13.2 Å². The number of fused-ring (bicyclic) bond motifs is 1. The van der Waals surface area contributed by atoms with E-state index in [9.17, 15) is 13.2 Å². The van der Waals surface area contributed by atoms with Crippen LogP contribution in [0.15, 0.2) is 5.10 Å². The number of hydrogen-bond acceptors (Lipinski definition) is 9. The van der Waals surface area contributed by atoms with Crippen molar-refractivity contribution in [2.45, 2.75) is 75.8 Å². The van der Waals surface area contributed by atoms with Gasteiger partial charge in [0.15, 0.2) is 0 Å². The van der Waals surface area contributed by atoms with E-state index in [4.69, 9.17) is 25.8 Å². The Morgan fingerprint density at radius 2 is 1.81 bits per heavy atom. The Balaban J connectivity index is 0.972. The fraction of sp³-hybridized carbons (Fsp3) is 0.960. The van der Waals surface area contributed by atoms with Crippen LogP contribution in [-0.4, -0.2) is 98.6 Å². The lowest BCUT2D eigenvalue weighted by molar-refractivity contribution is -0.347. The Morgan fingerprint density at radius 3 is 2.43 bits per heavy atom. The summed E-state index contributed by atoms with van der Waals surface area (Å²) in [5.74, 6) is 7.24. The minimum Gasteiger partial charge on any atom is -0.376 e. The third kappa shape index (κ3) is 6.42. The maximum Gasteiger partial charge on any atom is 0.522 e. The molecule has 0 radical (unpaired) electrons. The van der Waals surface area contributed by atoms with E-state index in [1.54, 1.807) is 0 Å². The molecule has 3 heterocycles. The number of nitrogens with zero attached hydrogens (tertiary/aromatic N) is 3. The molecule has 0 bridgehead atoms. The van der Waals surface area contributed by atoms with Crippen molar-refractivity contribution in [3.05, 3.63) is 0 Å². The van der Waals surface area contributed by atoms with E-state index in [1.165, 1.54) is 0 Å². The molecule has 3 aliphatic heterocycles. The zero-order valence-corrected chi connectivity index (χ0v) is 21.7. The van der Waals surface area contributed by atoms with Gasteiger partial charge >= 0.3 is 6.36 Å². The number of halogens is 3. The third-order valence-corrected chi connectivity index (χ3v) is 9.23. The number of ether oxygens (including phenoxy) is 4. The largest absolute Gasteiger partial charge is 0.522 e. The van der Waals surface area contributed by atoms with E-state index in [1.807, 2.05) is 6.92 Å². The molecule has 9 nitrogen and oxygen atoms in total. The second kappa shape index (κ2) is 11.2. The molecule has 2 saturated carbocycles. The van der Waals surface area contributed by atoms with Gasteiger partial charge in [-0.2, -0.15) is 5.10 Å². The van der Waals surface area contributed by atoms with Crippen molar-refractivity contribution in [1.82, 2.24) is 9.80 Å². The summed E-state index contributed by atoms with van der Waals surface area (Å²) >= 11 is 0. The molecule has 0 spiro atoms. The summed E-state index contributed by atoms with van der Waals surface area (Å²) in [6, 6.07) is -0.0229. The lowest BCUT2D eigenvalue weighted by Gasteiger charge is -2.37. The molecule has 8 atom stereocenters. The van der Waals surface area contributed by atoms with Gasteiger partial charge in [-0.25, -0.2) is 0 Å². The van der Waals surface area contributed by atoms with Gasteiger partial charge in [0.2, 0.25) is 0 Å². The fourth-order valence-electron chi connectivity index (χ4n) is 7.16. The highest BCUT2D eigenvalue weighted by molar-refractivity contribution is 5.90. The van der Waals surface area contributed by atoms with Gasteiger partial charge < -0.3 is 25.8 Å². The van der Waals surface area contributed by atoms with Crippen LogP contribution in [0.3, 0.4) is 0 Å². The SMILES string of the molecule is CC1CC(OC(F)(F)F)CCC1OCCOCN1CC2CN(C3(C4CCC(N)/C(=N/N)C4)CO3)CC2C1. The van der Waals surface area contributed by atoms with E-state index in [-0.39, 0.29) is 23.8 Å². The van der Waals surface area contributed by atoms with Gasteiger partial charge in [0.1, 0.15) is 5.72 Å². The molecule has 0 aromatic carbocycles. The number of alkyl halides is 3. The van der Waals surface area contributed by atoms with Crippen molar-refractivity contribution < 1.29 is 32.1 Å². The summed E-state index contributed by atoms with van der Waals surface area (Å²) < 4.78 is 59.4. The zero-order valence-electron chi connectivity index (χ0n) is 21.7. The van der Waals surface area contributed by atoms with Crippen molar-refractivity contribution in [2.24, 2.45) is 40.3 Å². The summed E-state index contributed by atoms with van der Waals surface area (Å²) in [5, 5.41) is 3.95. The second-order valence-electron chi connectivity index (χ2n) is 11.7. The molecule has 12 heteroatoms. The normalized spacial score (nSPS) is 42.4. The Kier molecular flexibility index (Phi) is 8.36. The molecule has 0 amide bonds. The van der Waals surface area contributed by atoms with Crippen LogP contribution in [0.25, 0.3) is 0 Å². The Bertz CT molecular complexity index is 800. The lowest BCUT2D eigenvalue weighted by atomic mass is 9.80. The lowest BCUT2D eigenvalue weighted by Crippen LogP contribution is -2.49. The smallest absolute Gasteiger partial charge is 0.376 e. The zero-order chi connectivity index (χ0) is 26.2. The Labute approximate surface area is 216 Å². The molecule has 5 rings (SSSR count). The van der Waals surface area contributed by atoms with Gasteiger partial charge in [-0.1, -0.05) is 6.92 Å².